The maximum atomic E-state index is 4.12. The molecule has 6 heteroatoms. The minimum absolute atomic E-state index is 0.299. The number of aromatic nitrogens is 4. The fourth-order valence-corrected chi connectivity index (χ4v) is 2.02. The minimum Gasteiger partial charge on any atom is -0.253 e. The fourth-order valence-electron chi connectivity index (χ4n) is 1.22. The van der Waals surface area contributed by atoms with E-state index in [0.29, 0.717) is 4.83 Å². The Morgan fingerprint density at radius 2 is 2.47 bits per heavy atom. The first-order chi connectivity index (χ1) is 7.29. The molecule has 0 aliphatic heterocycles. The first kappa shape index (κ1) is 10.8. The molecule has 0 aliphatic carbocycles. The minimum atomic E-state index is 0.299. The fraction of sp³-hybridized carbons (Fsp3) is 0.444. The maximum Gasteiger partial charge on any atom is 0.0963 e. The molecule has 0 saturated heterocycles. The van der Waals surface area contributed by atoms with Crippen molar-refractivity contribution >= 4 is 27.3 Å². The van der Waals surface area contributed by atoms with Crippen molar-refractivity contribution in [3.8, 4) is 0 Å². The Morgan fingerprint density at radius 3 is 3.13 bits per heavy atom. The van der Waals surface area contributed by atoms with Gasteiger partial charge in [0.25, 0.3) is 0 Å². The van der Waals surface area contributed by atoms with Gasteiger partial charge in [-0.25, -0.2) is 4.68 Å². The molecule has 4 nitrogen and oxygen atoms in total. The number of nitrogens with zero attached hydrogens (tertiary/aromatic N) is 4. The van der Waals surface area contributed by atoms with Crippen LogP contribution in [-0.4, -0.2) is 20.0 Å². The van der Waals surface area contributed by atoms with Crippen molar-refractivity contribution in [1.29, 1.82) is 0 Å². The summed E-state index contributed by atoms with van der Waals surface area (Å²) < 4.78 is 1.84. The lowest BCUT2D eigenvalue weighted by atomic mass is 10.3. The standard InChI is InChI=1S/C9H11BrN4S/c1-2-8(10)9-5-14(13-12-9)4-7-3-11-6-15-7/h3,5-6,8H,2,4H2,1H3. The lowest BCUT2D eigenvalue weighted by Crippen LogP contribution is -1.98. The summed E-state index contributed by atoms with van der Waals surface area (Å²) in [5.74, 6) is 0. The first-order valence-electron chi connectivity index (χ1n) is 4.71. The summed E-state index contributed by atoms with van der Waals surface area (Å²) in [6.07, 6.45) is 4.85. The van der Waals surface area contributed by atoms with Crippen LogP contribution in [-0.2, 0) is 6.54 Å². The average molecular weight is 287 g/mol. The lowest BCUT2D eigenvalue weighted by Gasteiger charge is -1.99. The number of rotatable bonds is 4. The number of halogens is 1. The van der Waals surface area contributed by atoms with Crippen molar-refractivity contribution in [1.82, 2.24) is 20.0 Å². The molecule has 0 N–H and O–H groups in total. The van der Waals surface area contributed by atoms with Gasteiger partial charge in [0.2, 0.25) is 0 Å². The topological polar surface area (TPSA) is 43.6 Å². The normalized spacial score (nSPS) is 12.9. The second-order valence-corrected chi connectivity index (χ2v) is 5.26. The molecule has 2 heterocycles. The van der Waals surface area contributed by atoms with E-state index in [9.17, 15) is 0 Å². The van der Waals surface area contributed by atoms with Crippen LogP contribution >= 0.6 is 27.3 Å². The van der Waals surface area contributed by atoms with Crippen LogP contribution in [0.3, 0.4) is 0 Å². The molecule has 0 radical (unpaired) electrons. The van der Waals surface area contributed by atoms with Gasteiger partial charge in [-0.05, 0) is 6.42 Å². The second-order valence-electron chi connectivity index (χ2n) is 3.18. The van der Waals surface area contributed by atoms with E-state index in [4.69, 9.17) is 0 Å². The van der Waals surface area contributed by atoms with Crippen molar-refractivity contribution in [2.24, 2.45) is 0 Å². The predicted molar refractivity (Wildman–Crippen MR) is 63.2 cm³/mol. The summed E-state index contributed by atoms with van der Waals surface area (Å²) in [5, 5.41) is 8.19. The molecular formula is C9H11BrN4S. The van der Waals surface area contributed by atoms with Crippen LogP contribution in [0.15, 0.2) is 17.9 Å². The molecule has 1 atom stereocenters. The van der Waals surface area contributed by atoms with Crippen LogP contribution in [0.1, 0.15) is 28.7 Å². The molecule has 0 fully saturated rings. The lowest BCUT2D eigenvalue weighted by molar-refractivity contribution is 0.654. The van der Waals surface area contributed by atoms with Crippen molar-refractivity contribution in [2.45, 2.75) is 24.7 Å². The Morgan fingerprint density at radius 1 is 1.60 bits per heavy atom. The van der Waals surface area contributed by atoms with Gasteiger partial charge in [-0.3, -0.25) is 4.98 Å². The van der Waals surface area contributed by atoms with E-state index in [1.54, 1.807) is 11.3 Å². The summed E-state index contributed by atoms with van der Waals surface area (Å²) in [6.45, 7) is 2.86. The summed E-state index contributed by atoms with van der Waals surface area (Å²) in [5.41, 5.74) is 2.81. The molecule has 0 bridgehead atoms. The third kappa shape index (κ3) is 2.63. The van der Waals surface area contributed by atoms with E-state index in [0.717, 1.165) is 18.7 Å². The van der Waals surface area contributed by atoms with Crippen LogP contribution < -0.4 is 0 Å². The molecule has 1 unspecified atom stereocenters. The highest BCUT2D eigenvalue weighted by molar-refractivity contribution is 9.09. The van der Waals surface area contributed by atoms with Gasteiger partial charge >= 0.3 is 0 Å². The van der Waals surface area contributed by atoms with E-state index in [-0.39, 0.29) is 0 Å². The smallest absolute Gasteiger partial charge is 0.0963 e. The van der Waals surface area contributed by atoms with Gasteiger partial charge in [0.1, 0.15) is 0 Å². The van der Waals surface area contributed by atoms with Gasteiger partial charge in [-0.1, -0.05) is 28.1 Å². The van der Waals surface area contributed by atoms with Gasteiger partial charge in [-0.15, -0.1) is 16.4 Å². The molecule has 0 aliphatic rings. The Labute approximate surface area is 100 Å². The molecule has 0 spiro atoms. The van der Waals surface area contributed by atoms with Crippen LogP contribution in [0.25, 0.3) is 0 Å². The zero-order valence-corrected chi connectivity index (χ0v) is 10.7. The van der Waals surface area contributed by atoms with Crippen molar-refractivity contribution in [3.63, 3.8) is 0 Å². The Hall–Kier alpha value is -0.750. The van der Waals surface area contributed by atoms with E-state index >= 15 is 0 Å². The van der Waals surface area contributed by atoms with Gasteiger partial charge in [0.15, 0.2) is 0 Å². The molecule has 0 amide bonds. The maximum absolute atomic E-state index is 4.12. The van der Waals surface area contributed by atoms with E-state index in [2.05, 4.69) is 38.1 Å². The van der Waals surface area contributed by atoms with Crippen LogP contribution in [0.5, 0.6) is 0 Å². The van der Waals surface area contributed by atoms with Crippen molar-refractivity contribution in [3.05, 3.63) is 28.5 Å². The molecule has 2 aromatic rings. The van der Waals surface area contributed by atoms with E-state index in [1.807, 2.05) is 22.6 Å². The van der Waals surface area contributed by atoms with E-state index < -0.39 is 0 Å². The average Bonchev–Trinajstić information content (AvgIpc) is 2.88. The summed E-state index contributed by atoms with van der Waals surface area (Å²) in [6, 6.07) is 0. The molecule has 80 valence electrons. The number of hydrogen-bond acceptors (Lipinski definition) is 4. The Bertz CT molecular complexity index is 411. The number of hydrogen-bond donors (Lipinski definition) is 0. The summed E-state index contributed by atoms with van der Waals surface area (Å²) >= 11 is 5.18. The highest BCUT2D eigenvalue weighted by atomic mass is 79.9. The molecule has 2 rings (SSSR count). The number of thiazole rings is 1. The second kappa shape index (κ2) is 4.85. The van der Waals surface area contributed by atoms with E-state index in [1.165, 1.54) is 4.88 Å². The van der Waals surface area contributed by atoms with Crippen molar-refractivity contribution in [2.75, 3.05) is 0 Å². The van der Waals surface area contributed by atoms with Gasteiger partial charge in [0, 0.05) is 17.3 Å². The number of alkyl halides is 1. The van der Waals surface area contributed by atoms with Gasteiger partial charge in [-0.2, -0.15) is 0 Å². The Balaban J connectivity index is 2.07. The quantitative estimate of drug-likeness (QED) is 0.812. The first-order valence-corrected chi connectivity index (χ1v) is 6.50. The van der Waals surface area contributed by atoms with Crippen LogP contribution in [0, 0.1) is 0 Å². The predicted octanol–water partition coefficient (Wildman–Crippen LogP) is 2.63. The van der Waals surface area contributed by atoms with Crippen LogP contribution in [0.2, 0.25) is 0 Å². The summed E-state index contributed by atoms with van der Waals surface area (Å²) in [7, 11) is 0. The molecular weight excluding hydrogens is 276 g/mol. The zero-order chi connectivity index (χ0) is 10.7. The monoisotopic (exact) mass is 286 g/mol. The van der Waals surface area contributed by atoms with Gasteiger partial charge in [0.05, 0.1) is 22.6 Å². The largest absolute Gasteiger partial charge is 0.253 e. The molecule has 2 aromatic heterocycles. The van der Waals surface area contributed by atoms with Gasteiger partial charge < -0.3 is 0 Å². The summed E-state index contributed by atoms with van der Waals surface area (Å²) in [4.78, 5) is 5.51. The molecule has 0 aromatic carbocycles. The third-order valence-corrected chi connectivity index (χ3v) is 3.92. The Kier molecular flexibility index (Phi) is 3.48. The van der Waals surface area contributed by atoms with Crippen molar-refractivity contribution < 1.29 is 0 Å². The SMILES string of the molecule is CCC(Br)c1cn(Cc2cncs2)nn1. The molecule has 15 heavy (non-hydrogen) atoms. The zero-order valence-electron chi connectivity index (χ0n) is 8.30. The molecule has 0 saturated carbocycles. The third-order valence-electron chi connectivity index (χ3n) is 2.04. The van der Waals surface area contributed by atoms with Crippen LogP contribution in [0.4, 0.5) is 0 Å². The highest BCUT2D eigenvalue weighted by Crippen LogP contribution is 2.23. The highest BCUT2D eigenvalue weighted by Gasteiger charge is 2.09.